The fourth-order valence-electron chi connectivity index (χ4n) is 3.45. The summed E-state index contributed by atoms with van der Waals surface area (Å²) < 4.78 is 0. The van der Waals surface area contributed by atoms with Crippen LogP contribution in [0.5, 0.6) is 0 Å². The van der Waals surface area contributed by atoms with Crippen molar-refractivity contribution in [3.8, 4) is 0 Å². The lowest BCUT2D eigenvalue weighted by atomic mass is 9.94. The Kier molecular flexibility index (Phi) is 6.08. The number of amides is 2. The summed E-state index contributed by atoms with van der Waals surface area (Å²) in [5.74, 6) is 0.786. The first-order valence-electron chi connectivity index (χ1n) is 9.51. The molecule has 0 spiro atoms. The molecule has 2 aliphatic rings. The van der Waals surface area contributed by atoms with Crippen molar-refractivity contribution in [1.29, 1.82) is 0 Å². The molecule has 0 atom stereocenters. The minimum atomic E-state index is -0.0425. The normalized spacial score (nSPS) is 18.0. The average Bonchev–Trinajstić information content (AvgIpc) is 3.46. The van der Waals surface area contributed by atoms with Gasteiger partial charge in [-0.25, -0.2) is 0 Å². The first kappa shape index (κ1) is 17.9. The molecular weight excluding hydrogens is 314 g/mol. The lowest BCUT2D eigenvalue weighted by Gasteiger charge is -2.31. The molecule has 1 aromatic carbocycles. The molecule has 136 valence electrons. The van der Waals surface area contributed by atoms with Crippen LogP contribution >= 0.6 is 0 Å². The Balaban J connectivity index is 1.48. The van der Waals surface area contributed by atoms with E-state index in [1.165, 1.54) is 32.1 Å². The minimum absolute atomic E-state index is 0.0425. The van der Waals surface area contributed by atoms with Crippen LogP contribution in [0.15, 0.2) is 24.3 Å². The number of benzene rings is 1. The third-order valence-corrected chi connectivity index (χ3v) is 5.27. The van der Waals surface area contributed by atoms with E-state index in [4.69, 9.17) is 0 Å². The first-order valence-corrected chi connectivity index (χ1v) is 9.51. The molecule has 0 aromatic heterocycles. The SMILES string of the molecule is CN(C(=O)c1ccc(NC(=O)CNCC2CC2)cc1)C1CCCCC1. The molecule has 0 aliphatic heterocycles. The molecule has 0 bridgehead atoms. The van der Waals surface area contributed by atoms with Crippen LogP contribution in [-0.4, -0.2) is 42.9 Å². The quantitative estimate of drug-likeness (QED) is 0.800. The van der Waals surface area contributed by atoms with Gasteiger partial charge in [0.15, 0.2) is 0 Å². The molecule has 2 N–H and O–H groups in total. The van der Waals surface area contributed by atoms with E-state index in [0.717, 1.165) is 31.0 Å². The Morgan fingerprint density at radius 1 is 1.04 bits per heavy atom. The molecule has 0 unspecified atom stereocenters. The molecule has 2 saturated carbocycles. The number of hydrogen-bond acceptors (Lipinski definition) is 3. The fraction of sp³-hybridized carbons (Fsp3) is 0.600. The Bertz CT molecular complexity index is 589. The van der Waals surface area contributed by atoms with Crippen molar-refractivity contribution < 1.29 is 9.59 Å². The van der Waals surface area contributed by atoms with Crippen molar-refractivity contribution in [2.75, 3.05) is 25.5 Å². The Hall–Kier alpha value is -1.88. The van der Waals surface area contributed by atoms with Crippen LogP contribution in [0.3, 0.4) is 0 Å². The van der Waals surface area contributed by atoms with Gasteiger partial charge in [0, 0.05) is 24.3 Å². The van der Waals surface area contributed by atoms with Crippen molar-refractivity contribution >= 4 is 17.5 Å². The Morgan fingerprint density at radius 3 is 2.36 bits per heavy atom. The average molecular weight is 343 g/mol. The topological polar surface area (TPSA) is 61.4 Å². The van der Waals surface area contributed by atoms with Gasteiger partial charge in [0.2, 0.25) is 5.91 Å². The van der Waals surface area contributed by atoms with E-state index in [0.29, 0.717) is 18.2 Å². The number of hydrogen-bond donors (Lipinski definition) is 2. The number of carbonyl (C=O) groups is 2. The fourth-order valence-corrected chi connectivity index (χ4v) is 3.45. The van der Waals surface area contributed by atoms with E-state index in [9.17, 15) is 9.59 Å². The van der Waals surface area contributed by atoms with Crippen molar-refractivity contribution in [2.24, 2.45) is 5.92 Å². The molecule has 25 heavy (non-hydrogen) atoms. The van der Waals surface area contributed by atoms with Crippen LogP contribution in [0.4, 0.5) is 5.69 Å². The molecule has 0 heterocycles. The minimum Gasteiger partial charge on any atom is -0.339 e. The van der Waals surface area contributed by atoms with Crippen LogP contribution in [-0.2, 0) is 4.79 Å². The van der Waals surface area contributed by atoms with Gasteiger partial charge in [0.25, 0.3) is 5.91 Å². The van der Waals surface area contributed by atoms with E-state index in [1.807, 2.05) is 11.9 Å². The lowest BCUT2D eigenvalue weighted by Crippen LogP contribution is -2.38. The summed E-state index contributed by atoms with van der Waals surface area (Å²) in [6.45, 7) is 1.26. The summed E-state index contributed by atoms with van der Waals surface area (Å²) in [5.41, 5.74) is 1.41. The second-order valence-corrected chi connectivity index (χ2v) is 7.41. The van der Waals surface area contributed by atoms with Gasteiger partial charge in [0.1, 0.15) is 0 Å². The predicted octanol–water partition coefficient (Wildman–Crippen LogP) is 3.03. The molecule has 2 fully saturated rings. The Morgan fingerprint density at radius 2 is 1.72 bits per heavy atom. The van der Waals surface area contributed by atoms with Gasteiger partial charge in [0.05, 0.1) is 6.54 Å². The molecule has 2 amide bonds. The lowest BCUT2D eigenvalue weighted by molar-refractivity contribution is -0.115. The van der Waals surface area contributed by atoms with E-state index >= 15 is 0 Å². The maximum Gasteiger partial charge on any atom is 0.253 e. The highest BCUT2D eigenvalue weighted by atomic mass is 16.2. The number of rotatable bonds is 7. The molecule has 0 saturated heterocycles. The van der Waals surface area contributed by atoms with Gasteiger partial charge < -0.3 is 15.5 Å². The van der Waals surface area contributed by atoms with Gasteiger partial charge in [-0.3, -0.25) is 9.59 Å². The number of nitrogens with one attached hydrogen (secondary N) is 2. The van der Waals surface area contributed by atoms with Gasteiger partial charge in [-0.1, -0.05) is 19.3 Å². The highest BCUT2D eigenvalue weighted by Crippen LogP contribution is 2.27. The zero-order valence-corrected chi connectivity index (χ0v) is 15.1. The van der Waals surface area contributed by atoms with Crippen LogP contribution in [0.2, 0.25) is 0 Å². The van der Waals surface area contributed by atoms with E-state index in [-0.39, 0.29) is 11.8 Å². The van der Waals surface area contributed by atoms with Gasteiger partial charge in [-0.05, 0) is 62.4 Å². The summed E-state index contributed by atoms with van der Waals surface area (Å²) in [6.07, 6.45) is 8.46. The molecule has 5 nitrogen and oxygen atoms in total. The van der Waals surface area contributed by atoms with E-state index in [2.05, 4.69) is 10.6 Å². The van der Waals surface area contributed by atoms with E-state index in [1.54, 1.807) is 24.3 Å². The summed E-state index contributed by atoms with van der Waals surface area (Å²) in [4.78, 5) is 26.4. The summed E-state index contributed by atoms with van der Waals surface area (Å²) >= 11 is 0. The number of anilines is 1. The highest BCUT2D eigenvalue weighted by molar-refractivity contribution is 5.96. The monoisotopic (exact) mass is 343 g/mol. The van der Waals surface area contributed by atoms with Gasteiger partial charge in [-0.15, -0.1) is 0 Å². The Labute approximate surface area is 150 Å². The maximum absolute atomic E-state index is 12.6. The summed E-state index contributed by atoms with van der Waals surface area (Å²) in [7, 11) is 1.90. The first-order chi connectivity index (χ1) is 12.1. The van der Waals surface area contributed by atoms with Crippen molar-refractivity contribution in [3.05, 3.63) is 29.8 Å². The third-order valence-electron chi connectivity index (χ3n) is 5.27. The zero-order valence-electron chi connectivity index (χ0n) is 15.1. The maximum atomic E-state index is 12.6. The summed E-state index contributed by atoms with van der Waals surface area (Å²) in [6, 6.07) is 7.57. The highest BCUT2D eigenvalue weighted by Gasteiger charge is 2.23. The largest absolute Gasteiger partial charge is 0.339 e. The second kappa shape index (κ2) is 8.48. The molecule has 3 rings (SSSR count). The van der Waals surface area contributed by atoms with Gasteiger partial charge >= 0.3 is 0 Å². The molecule has 0 radical (unpaired) electrons. The number of carbonyl (C=O) groups excluding carboxylic acids is 2. The van der Waals surface area contributed by atoms with Crippen LogP contribution in [0.1, 0.15) is 55.3 Å². The molecule has 5 heteroatoms. The van der Waals surface area contributed by atoms with Gasteiger partial charge in [-0.2, -0.15) is 0 Å². The molecular formula is C20H29N3O2. The molecule has 2 aliphatic carbocycles. The smallest absolute Gasteiger partial charge is 0.253 e. The van der Waals surface area contributed by atoms with Crippen LogP contribution < -0.4 is 10.6 Å². The zero-order chi connectivity index (χ0) is 17.6. The van der Waals surface area contributed by atoms with Crippen molar-refractivity contribution in [2.45, 2.75) is 51.0 Å². The van der Waals surface area contributed by atoms with E-state index < -0.39 is 0 Å². The molecule has 1 aromatic rings. The second-order valence-electron chi connectivity index (χ2n) is 7.41. The summed E-state index contributed by atoms with van der Waals surface area (Å²) in [5, 5.41) is 6.04. The van der Waals surface area contributed by atoms with Crippen LogP contribution in [0.25, 0.3) is 0 Å². The number of nitrogens with zero attached hydrogens (tertiary/aromatic N) is 1. The van der Waals surface area contributed by atoms with Crippen molar-refractivity contribution in [1.82, 2.24) is 10.2 Å². The predicted molar refractivity (Wildman–Crippen MR) is 99.6 cm³/mol. The van der Waals surface area contributed by atoms with Crippen LogP contribution in [0, 0.1) is 5.92 Å². The standard InChI is InChI=1S/C20H29N3O2/c1-23(18-5-3-2-4-6-18)20(25)16-9-11-17(12-10-16)22-19(24)14-21-13-15-7-8-15/h9-12,15,18,21H,2-8,13-14H2,1H3,(H,22,24). The van der Waals surface area contributed by atoms with Crippen molar-refractivity contribution in [3.63, 3.8) is 0 Å². The third kappa shape index (κ3) is 5.30.